The lowest BCUT2D eigenvalue weighted by Gasteiger charge is -2.13. The lowest BCUT2D eigenvalue weighted by molar-refractivity contribution is 0.0878. The van der Waals surface area contributed by atoms with Gasteiger partial charge in [0.15, 0.2) is 0 Å². The minimum absolute atomic E-state index is 0.643. The second kappa shape index (κ2) is 7.73. The summed E-state index contributed by atoms with van der Waals surface area (Å²) in [5, 5.41) is 0.777. The molecule has 1 atom stereocenters. The summed E-state index contributed by atoms with van der Waals surface area (Å²) in [6, 6.07) is 7.84. The first-order valence-electron chi connectivity index (χ1n) is 6.40. The fraction of sp³-hybridized carbons (Fsp3) is 0.600. The molecule has 17 heavy (non-hydrogen) atoms. The summed E-state index contributed by atoms with van der Waals surface area (Å²) in [5.74, 6) is 1.43. The summed E-state index contributed by atoms with van der Waals surface area (Å²) in [4.78, 5) is 0. The molecule has 0 spiro atoms. The average Bonchev–Trinajstić information content (AvgIpc) is 2.29. The predicted octanol–water partition coefficient (Wildman–Crippen LogP) is 4.93. The van der Waals surface area contributed by atoms with E-state index < -0.39 is 0 Å². The lowest BCUT2D eigenvalue weighted by atomic mass is 10.0. The molecule has 0 N–H and O–H groups in total. The van der Waals surface area contributed by atoms with E-state index in [0.717, 1.165) is 17.5 Å². The maximum absolute atomic E-state index is 5.83. The van der Waals surface area contributed by atoms with E-state index in [0.29, 0.717) is 12.5 Å². The minimum atomic E-state index is 0.643. The van der Waals surface area contributed by atoms with Crippen LogP contribution in [0.2, 0.25) is 5.02 Å². The number of hydrogen-bond donors (Lipinski definition) is 0. The van der Waals surface area contributed by atoms with Gasteiger partial charge in [0.25, 0.3) is 0 Å². The van der Waals surface area contributed by atoms with Crippen LogP contribution in [0.15, 0.2) is 24.3 Å². The molecule has 0 unspecified atom stereocenters. The molecule has 0 saturated heterocycles. The van der Waals surface area contributed by atoms with Crippen molar-refractivity contribution in [2.45, 2.75) is 40.2 Å². The van der Waals surface area contributed by atoms with Crippen molar-refractivity contribution in [1.82, 2.24) is 0 Å². The smallest absolute Gasteiger partial charge is 0.0717 e. The van der Waals surface area contributed by atoms with Crippen molar-refractivity contribution in [1.29, 1.82) is 0 Å². The Morgan fingerprint density at radius 1 is 1.06 bits per heavy atom. The third-order valence-electron chi connectivity index (χ3n) is 2.82. The molecule has 0 fully saturated rings. The Hall–Kier alpha value is -0.530. The van der Waals surface area contributed by atoms with Crippen LogP contribution in [-0.2, 0) is 11.3 Å². The van der Waals surface area contributed by atoms with Crippen molar-refractivity contribution in [3.63, 3.8) is 0 Å². The van der Waals surface area contributed by atoms with Crippen LogP contribution in [0.25, 0.3) is 0 Å². The average molecular weight is 255 g/mol. The Balaban J connectivity index is 2.16. The fourth-order valence-corrected chi connectivity index (χ4v) is 1.79. The number of ether oxygens (including phenoxy) is 1. The van der Waals surface area contributed by atoms with E-state index >= 15 is 0 Å². The fourth-order valence-electron chi connectivity index (χ4n) is 1.66. The molecule has 0 saturated carbocycles. The van der Waals surface area contributed by atoms with Gasteiger partial charge in [-0.3, -0.25) is 0 Å². The molecule has 0 aliphatic carbocycles. The van der Waals surface area contributed by atoms with Crippen LogP contribution in [0.4, 0.5) is 0 Å². The zero-order chi connectivity index (χ0) is 12.7. The summed E-state index contributed by atoms with van der Waals surface area (Å²) in [7, 11) is 0. The minimum Gasteiger partial charge on any atom is -0.376 e. The first-order valence-corrected chi connectivity index (χ1v) is 6.78. The van der Waals surface area contributed by atoms with Gasteiger partial charge < -0.3 is 4.74 Å². The third-order valence-corrected chi connectivity index (χ3v) is 3.07. The lowest BCUT2D eigenvalue weighted by Crippen LogP contribution is -2.07. The molecule has 0 bridgehead atoms. The highest BCUT2D eigenvalue weighted by atomic mass is 35.5. The van der Waals surface area contributed by atoms with Crippen molar-refractivity contribution >= 4 is 11.6 Å². The molecule has 1 aromatic carbocycles. The second-order valence-corrected chi connectivity index (χ2v) is 5.65. The van der Waals surface area contributed by atoms with Crippen molar-refractivity contribution in [3.8, 4) is 0 Å². The van der Waals surface area contributed by atoms with Crippen molar-refractivity contribution in [2.75, 3.05) is 6.61 Å². The molecule has 0 radical (unpaired) electrons. The van der Waals surface area contributed by atoms with Crippen molar-refractivity contribution in [2.24, 2.45) is 11.8 Å². The van der Waals surface area contributed by atoms with Crippen LogP contribution in [0.3, 0.4) is 0 Å². The molecule has 0 amide bonds. The Bertz CT molecular complexity index is 305. The van der Waals surface area contributed by atoms with Gasteiger partial charge in [-0.05, 0) is 36.0 Å². The number of benzene rings is 1. The van der Waals surface area contributed by atoms with Gasteiger partial charge in [0.1, 0.15) is 0 Å². The monoisotopic (exact) mass is 254 g/mol. The SMILES string of the molecule is CC(C)CC[C@@H](C)COCc1ccc(Cl)cc1. The largest absolute Gasteiger partial charge is 0.376 e. The van der Waals surface area contributed by atoms with E-state index in [2.05, 4.69) is 20.8 Å². The van der Waals surface area contributed by atoms with Crippen molar-refractivity contribution in [3.05, 3.63) is 34.9 Å². The summed E-state index contributed by atoms with van der Waals surface area (Å²) >= 11 is 5.83. The first kappa shape index (κ1) is 14.5. The summed E-state index contributed by atoms with van der Waals surface area (Å²) < 4.78 is 5.71. The first-order chi connectivity index (χ1) is 8.08. The summed E-state index contributed by atoms with van der Waals surface area (Å²) in [6.07, 6.45) is 2.53. The molecule has 0 aromatic heterocycles. The number of halogens is 1. The number of hydrogen-bond acceptors (Lipinski definition) is 1. The van der Waals surface area contributed by atoms with E-state index in [9.17, 15) is 0 Å². The predicted molar refractivity (Wildman–Crippen MR) is 74.3 cm³/mol. The normalized spacial score (nSPS) is 13.0. The zero-order valence-electron chi connectivity index (χ0n) is 11.1. The second-order valence-electron chi connectivity index (χ2n) is 5.22. The van der Waals surface area contributed by atoms with Crippen LogP contribution in [0.5, 0.6) is 0 Å². The highest BCUT2D eigenvalue weighted by Gasteiger charge is 2.04. The topological polar surface area (TPSA) is 9.23 Å². The van der Waals surface area contributed by atoms with E-state index in [1.807, 2.05) is 24.3 Å². The Morgan fingerprint density at radius 2 is 1.71 bits per heavy atom. The molecule has 1 nitrogen and oxygen atoms in total. The van der Waals surface area contributed by atoms with E-state index in [1.54, 1.807) is 0 Å². The maximum Gasteiger partial charge on any atom is 0.0717 e. The molecule has 1 rings (SSSR count). The van der Waals surface area contributed by atoms with Crippen LogP contribution in [0, 0.1) is 11.8 Å². The Kier molecular flexibility index (Phi) is 6.61. The molecule has 2 heteroatoms. The van der Waals surface area contributed by atoms with Gasteiger partial charge in [-0.2, -0.15) is 0 Å². The van der Waals surface area contributed by atoms with E-state index in [1.165, 1.54) is 18.4 Å². The standard InChI is InChI=1S/C15H23ClO/c1-12(2)4-5-13(3)10-17-11-14-6-8-15(16)9-7-14/h6-9,12-13H,4-5,10-11H2,1-3H3/t13-/m1/s1. The van der Waals surface area contributed by atoms with Crippen LogP contribution in [0.1, 0.15) is 39.2 Å². The number of rotatable bonds is 7. The van der Waals surface area contributed by atoms with Gasteiger partial charge in [-0.1, -0.05) is 50.9 Å². The van der Waals surface area contributed by atoms with E-state index in [4.69, 9.17) is 16.3 Å². The quantitative estimate of drug-likeness (QED) is 0.671. The third kappa shape index (κ3) is 6.70. The van der Waals surface area contributed by atoms with Gasteiger partial charge in [0, 0.05) is 11.6 Å². The van der Waals surface area contributed by atoms with Gasteiger partial charge in [0.05, 0.1) is 6.61 Å². The molecule has 0 heterocycles. The van der Waals surface area contributed by atoms with Crippen LogP contribution in [-0.4, -0.2) is 6.61 Å². The highest BCUT2D eigenvalue weighted by Crippen LogP contribution is 2.14. The Morgan fingerprint density at radius 3 is 2.29 bits per heavy atom. The van der Waals surface area contributed by atoms with Gasteiger partial charge in [-0.15, -0.1) is 0 Å². The zero-order valence-corrected chi connectivity index (χ0v) is 11.8. The van der Waals surface area contributed by atoms with Gasteiger partial charge in [0.2, 0.25) is 0 Å². The van der Waals surface area contributed by atoms with Gasteiger partial charge >= 0.3 is 0 Å². The molecule has 96 valence electrons. The molecule has 0 aliphatic rings. The molecular formula is C15H23ClO. The Labute approximate surface area is 110 Å². The summed E-state index contributed by atoms with van der Waals surface area (Å²) in [6.45, 7) is 8.31. The van der Waals surface area contributed by atoms with E-state index in [-0.39, 0.29) is 0 Å². The highest BCUT2D eigenvalue weighted by molar-refractivity contribution is 6.30. The summed E-state index contributed by atoms with van der Waals surface area (Å²) in [5.41, 5.74) is 1.19. The maximum atomic E-state index is 5.83. The molecule has 0 aliphatic heterocycles. The van der Waals surface area contributed by atoms with Crippen molar-refractivity contribution < 1.29 is 4.74 Å². The molecular weight excluding hydrogens is 232 g/mol. The van der Waals surface area contributed by atoms with Crippen LogP contribution >= 0.6 is 11.6 Å². The molecule has 1 aromatic rings. The van der Waals surface area contributed by atoms with Crippen LogP contribution < -0.4 is 0 Å². The van der Waals surface area contributed by atoms with Gasteiger partial charge in [-0.25, -0.2) is 0 Å².